The molecule has 0 spiro atoms. The first-order valence-corrected chi connectivity index (χ1v) is 10.8. The van der Waals surface area contributed by atoms with Crippen LogP contribution in [-0.4, -0.2) is 11.5 Å². The minimum absolute atomic E-state index is 0.566. The number of H-pyrrole nitrogens is 1. The van der Waals surface area contributed by atoms with E-state index in [4.69, 9.17) is 10.5 Å². The van der Waals surface area contributed by atoms with Crippen LogP contribution in [0.5, 0.6) is 5.75 Å². The number of rotatable bonds is 8. The Hall–Kier alpha value is -2.56. The molecule has 3 N–H and O–H groups in total. The number of halogens is 1. The Labute approximate surface area is 180 Å². The molecule has 0 bridgehead atoms. The summed E-state index contributed by atoms with van der Waals surface area (Å²) in [6.45, 7) is 1.29. The van der Waals surface area contributed by atoms with E-state index in [1.165, 1.54) is 27.8 Å². The number of fused-ring (bicyclic) bond motifs is 1. The van der Waals surface area contributed by atoms with Crippen molar-refractivity contribution in [1.82, 2.24) is 4.98 Å². The van der Waals surface area contributed by atoms with Crippen molar-refractivity contribution in [2.45, 2.75) is 25.9 Å². The van der Waals surface area contributed by atoms with Crippen LogP contribution in [0.25, 0.3) is 22.2 Å². The van der Waals surface area contributed by atoms with Crippen molar-refractivity contribution < 1.29 is 4.74 Å². The lowest BCUT2D eigenvalue weighted by molar-refractivity contribution is 0.306. The van der Waals surface area contributed by atoms with E-state index >= 15 is 0 Å². The molecule has 0 amide bonds. The van der Waals surface area contributed by atoms with Crippen molar-refractivity contribution in [3.63, 3.8) is 0 Å². The maximum absolute atomic E-state index is 6.08. The van der Waals surface area contributed by atoms with Crippen molar-refractivity contribution in [3.05, 3.63) is 88.4 Å². The number of aryl methyl sites for hydroxylation is 1. The summed E-state index contributed by atoms with van der Waals surface area (Å²) in [5, 5.41) is 1.22. The van der Waals surface area contributed by atoms with Crippen molar-refractivity contribution in [2.75, 3.05) is 6.54 Å². The fourth-order valence-electron chi connectivity index (χ4n) is 3.66. The Morgan fingerprint density at radius 1 is 0.897 bits per heavy atom. The molecule has 3 nitrogen and oxygen atoms in total. The average molecular weight is 449 g/mol. The molecule has 0 aliphatic heterocycles. The summed E-state index contributed by atoms with van der Waals surface area (Å²) in [7, 11) is 0. The molecule has 1 heterocycles. The van der Waals surface area contributed by atoms with Crippen LogP contribution >= 0.6 is 15.9 Å². The standard InChI is InChI=1S/C25H25BrN2O/c26-23-12-5-4-11-21(23)25-20(10-6-7-15-27)22-16-19(13-14-24(22)28-25)29-17-18-8-2-1-3-9-18/h1-5,8-9,11-14,16,28H,6-7,10,15,17,27H2. The minimum Gasteiger partial charge on any atom is -0.489 e. The molecule has 0 fully saturated rings. The van der Waals surface area contributed by atoms with E-state index in [1.807, 2.05) is 30.3 Å². The third-order valence-electron chi connectivity index (χ3n) is 5.15. The summed E-state index contributed by atoms with van der Waals surface area (Å²) in [6.07, 6.45) is 3.07. The second kappa shape index (κ2) is 9.29. The van der Waals surface area contributed by atoms with Gasteiger partial charge < -0.3 is 15.5 Å². The van der Waals surface area contributed by atoms with Gasteiger partial charge in [0, 0.05) is 20.9 Å². The first-order chi connectivity index (χ1) is 14.3. The van der Waals surface area contributed by atoms with E-state index in [9.17, 15) is 0 Å². The van der Waals surface area contributed by atoms with Crippen molar-refractivity contribution >= 4 is 26.8 Å². The van der Waals surface area contributed by atoms with Gasteiger partial charge in [-0.05, 0) is 61.2 Å². The second-order valence-corrected chi connectivity index (χ2v) is 8.04. The molecule has 4 rings (SSSR count). The predicted molar refractivity (Wildman–Crippen MR) is 124 cm³/mol. The van der Waals surface area contributed by atoms with Crippen LogP contribution in [0, 0.1) is 0 Å². The highest BCUT2D eigenvalue weighted by Crippen LogP contribution is 2.36. The minimum atomic E-state index is 0.566. The Balaban J connectivity index is 1.70. The van der Waals surface area contributed by atoms with Crippen molar-refractivity contribution in [3.8, 4) is 17.0 Å². The van der Waals surface area contributed by atoms with Crippen LogP contribution < -0.4 is 10.5 Å². The van der Waals surface area contributed by atoms with Crippen LogP contribution in [-0.2, 0) is 13.0 Å². The van der Waals surface area contributed by atoms with Crippen LogP contribution in [0.15, 0.2) is 77.3 Å². The zero-order valence-electron chi connectivity index (χ0n) is 16.3. The molecule has 148 valence electrons. The number of aromatic amines is 1. The van der Waals surface area contributed by atoms with Crippen molar-refractivity contribution in [1.29, 1.82) is 0 Å². The first-order valence-electron chi connectivity index (χ1n) is 10.0. The molecule has 0 radical (unpaired) electrons. The quantitative estimate of drug-likeness (QED) is 0.304. The third-order valence-corrected chi connectivity index (χ3v) is 5.84. The molecule has 0 atom stereocenters. The highest BCUT2D eigenvalue weighted by atomic mass is 79.9. The Kier molecular flexibility index (Phi) is 6.33. The number of nitrogens with two attached hydrogens (primary N) is 1. The van der Waals surface area contributed by atoms with E-state index < -0.39 is 0 Å². The summed E-state index contributed by atoms with van der Waals surface area (Å²) in [5.41, 5.74) is 11.7. The van der Waals surface area contributed by atoms with Gasteiger partial charge >= 0.3 is 0 Å². The topological polar surface area (TPSA) is 51.0 Å². The number of aromatic nitrogens is 1. The molecule has 0 saturated carbocycles. The lowest BCUT2D eigenvalue weighted by Crippen LogP contribution is -1.99. The van der Waals surface area contributed by atoms with E-state index in [0.29, 0.717) is 6.61 Å². The molecule has 0 aliphatic rings. The molecular weight excluding hydrogens is 424 g/mol. The molecule has 0 saturated heterocycles. The van der Waals surface area contributed by atoms with Gasteiger partial charge in [0.15, 0.2) is 0 Å². The Morgan fingerprint density at radius 3 is 2.48 bits per heavy atom. The van der Waals surface area contributed by atoms with Gasteiger partial charge in [-0.15, -0.1) is 0 Å². The molecule has 29 heavy (non-hydrogen) atoms. The van der Waals surface area contributed by atoms with E-state index in [0.717, 1.165) is 41.5 Å². The van der Waals surface area contributed by atoms with Crippen LogP contribution in [0.4, 0.5) is 0 Å². The fourth-order valence-corrected chi connectivity index (χ4v) is 4.14. The Bertz CT molecular complexity index is 1090. The van der Waals surface area contributed by atoms with Crippen LogP contribution in [0.2, 0.25) is 0 Å². The van der Waals surface area contributed by atoms with Crippen LogP contribution in [0.1, 0.15) is 24.0 Å². The number of unbranched alkanes of at least 4 members (excludes halogenated alkanes) is 1. The molecule has 0 aliphatic carbocycles. The SMILES string of the molecule is NCCCCc1c(-c2ccccc2Br)[nH]c2ccc(OCc3ccccc3)cc12. The molecule has 4 heteroatoms. The van der Waals surface area contributed by atoms with Gasteiger partial charge in [-0.2, -0.15) is 0 Å². The van der Waals surface area contributed by atoms with Gasteiger partial charge in [0.25, 0.3) is 0 Å². The van der Waals surface area contributed by atoms with Crippen molar-refractivity contribution in [2.24, 2.45) is 5.73 Å². The highest BCUT2D eigenvalue weighted by Gasteiger charge is 2.15. The zero-order chi connectivity index (χ0) is 20.1. The van der Waals surface area contributed by atoms with E-state index in [1.54, 1.807) is 0 Å². The number of ether oxygens (including phenoxy) is 1. The average Bonchev–Trinajstić information content (AvgIpc) is 3.11. The molecule has 4 aromatic rings. The normalized spacial score (nSPS) is 11.1. The van der Waals surface area contributed by atoms with Gasteiger partial charge in [-0.25, -0.2) is 0 Å². The number of hydrogen-bond acceptors (Lipinski definition) is 2. The molecule has 1 aromatic heterocycles. The van der Waals surface area contributed by atoms with E-state index in [2.05, 4.69) is 63.4 Å². The van der Waals surface area contributed by atoms with E-state index in [-0.39, 0.29) is 0 Å². The van der Waals surface area contributed by atoms with Gasteiger partial charge in [0.05, 0.1) is 5.69 Å². The third kappa shape index (κ3) is 4.55. The van der Waals surface area contributed by atoms with Crippen LogP contribution in [0.3, 0.4) is 0 Å². The number of benzene rings is 3. The monoisotopic (exact) mass is 448 g/mol. The maximum atomic E-state index is 6.08. The smallest absolute Gasteiger partial charge is 0.120 e. The lowest BCUT2D eigenvalue weighted by Gasteiger charge is -2.08. The summed E-state index contributed by atoms with van der Waals surface area (Å²) >= 11 is 3.71. The largest absolute Gasteiger partial charge is 0.489 e. The zero-order valence-corrected chi connectivity index (χ0v) is 17.9. The maximum Gasteiger partial charge on any atom is 0.120 e. The Morgan fingerprint density at radius 2 is 1.69 bits per heavy atom. The van der Waals surface area contributed by atoms with Gasteiger partial charge in [0.2, 0.25) is 0 Å². The fraction of sp³-hybridized carbons (Fsp3) is 0.200. The molecular formula is C25H25BrN2O. The summed E-state index contributed by atoms with van der Waals surface area (Å²) in [6, 6.07) is 24.9. The number of hydrogen-bond donors (Lipinski definition) is 2. The lowest BCUT2D eigenvalue weighted by atomic mass is 10.00. The first kappa shape index (κ1) is 19.7. The summed E-state index contributed by atoms with van der Waals surface area (Å²) < 4.78 is 7.17. The van der Waals surface area contributed by atoms with Gasteiger partial charge in [-0.1, -0.05) is 64.5 Å². The summed E-state index contributed by atoms with van der Waals surface area (Å²) in [4.78, 5) is 3.63. The van der Waals surface area contributed by atoms with Gasteiger partial charge in [-0.3, -0.25) is 0 Å². The molecule has 0 unspecified atom stereocenters. The number of nitrogens with one attached hydrogen (secondary N) is 1. The molecule has 3 aromatic carbocycles. The highest BCUT2D eigenvalue weighted by molar-refractivity contribution is 9.10. The summed E-state index contributed by atoms with van der Waals surface area (Å²) in [5.74, 6) is 0.888. The second-order valence-electron chi connectivity index (χ2n) is 7.19. The van der Waals surface area contributed by atoms with Gasteiger partial charge in [0.1, 0.15) is 12.4 Å². The predicted octanol–water partition coefficient (Wildman–Crippen LogP) is 6.46.